The maximum absolute atomic E-state index is 12.1. The van der Waals surface area contributed by atoms with Gasteiger partial charge in [-0.05, 0) is 32.2 Å². The predicted octanol–water partition coefficient (Wildman–Crippen LogP) is 1.98. The third-order valence-corrected chi connectivity index (χ3v) is 5.53. The maximum Gasteiger partial charge on any atom is 0.317 e. The molecule has 2 fully saturated rings. The SMILES string of the molecule is CN(CC(=O)O)C1CCN(CC(=O)NCCC2CCCCC2)CC1.Cl. The Bertz CT molecular complexity index is 408. The molecular formula is C18H34ClN3O3. The number of carboxylic acids is 1. The lowest BCUT2D eigenvalue weighted by atomic mass is 9.87. The zero-order chi connectivity index (χ0) is 17.4. The lowest BCUT2D eigenvalue weighted by Crippen LogP contribution is -2.47. The van der Waals surface area contributed by atoms with Crippen LogP contribution in [0.3, 0.4) is 0 Å². The van der Waals surface area contributed by atoms with Crippen LogP contribution in [0.2, 0.25) is 0 Å². The van der Waals surface area contributed by atoms with Gasteiger partial charge in [0.15, 0.2) is 0 Å². The monoisotopic (exact) mass is 375 g/mol. The van der Waals surface area contributed by atoms with Gasteiger partial charge in [-0.25, -0.2) is 0 Å². The average Bonchev–Trinajstić information content (AvgIpc) is 2.56. The Balaban J connectivity index is 0.00000312. The van der Waals surface area contributed by atoms with Crippen molar-refractivity contribution >= 4 is 24.3 Å². The standard InChI is InChI=1S/C18H33N3O3.ClH/c1-20(14-18(23)24)16-8-11-21(12-9-16)13-17(22)19-10-7-15-5-3-2-4-6-15;/h15-16H,2-14H2,1H3,(H,19,22)(H,23,24);1H. The average molecular weight is 376 g/mol. The zero-order valence-corrected chi connectivity index (χ0v) is 16.2. The molecule has 7 heteroatoms. The van der Waals surface area contributed by atoms with Crippen LogP contribution in [-0.2, 0) is 9.59 Å². The largest absolute Gasteiger partial charge is 0.480 e. The number of carboxylic acid groups (broad SMARTS) is 1. The summed E-state index contributed by atoms with van der Waals surface area (Å²) in [5.41, 5.74) is 0. The summed E-state index contributed by atoms with van der Waals surface area (Å²) >= 11 is 0. The van der Waals surface area contributed by atoms with E-state index in [4.69, 9.17) is 5.11 Å². The second-order valence-electron chi connectivity index (χ2n) is 7.46. The van der Waals surface area contributed by atoms with Crippen LogP contribution < -0.4 is 5.32 Å². The van der Waals surface area contributed by atoms with Gasteiger partial charge in [0.1, 0.15) is 0 Å². The number of carbonyl (C=O) groups is 2. The van der Waals surface area contributed by atoms with E-state index in [1.165, 1.54) is 32.1 Å². The number of rotatable bonds is 8. The van der Waals surface area contributed by atoms with Crippen molar-refractivity contribution in [1.82, 2.24) is 15.1 Å². The van der Waals surface area contributed by atoms with Gasteiger partial charge < -0.3 is 10.4 Å². The molecule has 1 amide bonds. The highest BCUT2D eigenvalue weighted by Gasteiger charge is 2.24. The minimum Gasteiger partial charge on any atom is -0.480 e. The molecule has 2 rings (SSSR count). The van der Waals surface area contributed by atoms with E-state index >= 15 is 0 Å². The van der Waals surface area contributed by atoms with Gasteiger partial charge in [0.05, 0.1) is 13.1 Å². The number of amides is 1. The molecule has 0 aromatic rings. The fraction of sp³-hybridized carbons (Fsp3) is 0.889. The molecule has 1 saturated carbocycles. The smallest absolute Gasteiger partial charge is 0.317 e. The Morgan fingerprint density at radius 3 is 2.36 bits per heavy atom. The number of carbonyl (C=O) groups excluding carboxylic acids is 1. The van der Waals surface area contributed by atoms with E-state index in [2.05, 4.69) is 10.2 Å². The Hall–Kier alpha value is -0.850. The van der Waals surface area contributed by atoms with Crippen molar-refractivity contribution in [2.75, 3.05) is 39.8 Å². The van der Waals surface area contributed by atoms with Crippen LogP contribution >= 0.6 is 12.4 Å². The summed E-state index contributed by atoms with van der Waals surface area (Å²) in [5, 5.41) is 11.9. The molecule has 0 bridgehead atoms. The number of likely N-dealkylation sites (tertiary alicyclic amines) is 1. The second-order valence-corrected chi connectivity index (χ2v) is 7.46. The van der Waals surface area contributed by atoms with E-state index in [-0.39, 0.29) is 24.9 Å². The summed E-state index contributed by atoms with van der Waals surface area (Å²) in [6, 6.07) is 0.312. The Morgan fingerprint density at radius 2 is 1.76 bits per heavy atom. The summed E-state index contributed by atoms with van der Waals surface area (Å²) in [5.74, 6) is 0.153. The van der Waals surface area contributed by atoms with E-state index in [0.717, 1.165) is 44.8 Å². The Kier molecular flexibility index (Phi) is 10.4. The molecule has 1 aliphatic heterocycles. The maximum atomic E-state index is 12.1. The lowest BCUT2D eigenvalue weighted by molar-refractivity contribution is -0.138. The summed E-state index contributed by atoms with van der Waals surface area (Å²) in [6.07, 6.45) is 9.71. The fourth-order valence-electron chi connectivity index (χ4n) is 4.01. The number of piperidine rings is 1. The normalized spacial score (nSPS) is 20.2. The number of nitrogens with one attached hydrogen (secondary N) is 1. The molecular weight excluding hydrogens is 342 g/mol. The zero-order valence-electron chi connectivity index (χ0n) is 15.4. The molecule has 25 heavy (non-hydrogen) atoms. The molecule has 146 valence electrons. The van der Waals surface area contributed by atoms with Crippen LogP contribution in [0, 0.1) is 5.92 Å². The molecule has 0 atom stereocenters. The predicted molar refractivity (Wildman–Crippen MR) is 101 cm³/mol. The third-order valence-electron chi connectivity index (χ3n) is 5.53. The van der Waals surface area contributed by atoms with Crippen molar-refractivity contribution in [3.05, 3.63) is 0 Å². The summed E-state index contributed by atoms with van der Waals surface area (Å²) in [6.45, 7) is 3.10. The van der Waals surface area contributed by atoms with Gasteiger partial charge >= 0.3 is 5.97 Å². The topological polar surface area (TPSA) is 72.9 Å². The number of nitrogens with zero attached hydrogens (tertiary/aromatic N) is 2. The quantitative estimate of drug-likeness (QED) is 0.678. The van der Waals surface area contributed by atoms with Crippen molar-refractivity contribution in [2.24, 2.45) is 5.92 Å². The number of hydrogen-bond donors (Lipinski definition) is 2. The first-order valence-corrected chi connectivity index (χ1v) is 9.45. The molecule has 0 aromatic heterocycles. The van der Waals surface area contributed by atoms with Crippen LogP contribution in [0.4, 0.5) is 0 Å². The minimum absolute atomic E-state index is 0. The Morgan fingerprint density at radius 1 is 1.12 bits per heavy atom. The van der Waals surface area contributed by atoms with Crippen LogP contribution in [0.25, 0.3) is 0 Å². The Labute approximate surface area is 157 Å². The molecule has 6 nitrogen and oxygen atoms in total. The van der Waals surface area contributed by atoms with Gasteiger partial charge in [0, 0.05) is 25.7 Å². The summed E-state index contributed by atoms with van der Waals surface area (Å²) < 4.78 is 0. The summed E-state index contributed by atoms with van der Waals surface area (Å²) in [4.78, 5) is 26.9. The van der Waals surface area contributed by atoms with Gasteiger partial charge in [-0.2, -0.15) is 0 Å². The molecule has 0 radical (unpaired) electrons. The van der Waals surface area contributed by atoms with Crippen molar-refractivity contribution in [1.29, 1.82) is 0 Å². The number of hydrogen-bond acceptors (Lipinski definition) is 4. The van der Waals surface area contributed by atoms with Crippen molar-refractivity contribution in [2.45, 2.75) is 57.4 Å². The van der Waals surface area contributed by atoms with Gasteiger partial charge in [0.2, 0.25) is 5.91 Å². The second kappa shape index (κ2) is 11.7. The molecule has 0 unspecified atom stereocenters. The van der Waals surface area contributed by atoms with Crippen molar-refractivity contribution in [3.8, 4) is 0 Å². The van der Waals surface area contributed by atoms with E-state index in [1.54, 1.807) is 0 Å². The van der Waals surface area contributed by atoms with Crippen molar-refractivity contribution < 1.29 is 14.7 Å². The van der Waals surface area contributed by atoms with E-state index < -0.39 is 5.97 Å². The number of halogens is 1. The van der Waals surface area contributed by atoms with Crippen LogP contribution in [0.15, 0.2) is 0 Å². The van der Waals surface area contributed by atoms with Crippen molar-refractivity contribution in [3.63, 3.8) is 0 Å². The van der Waals surface area contributed by atoms with Gasteiger partial charge in [-0.3, -0.25) is 19.4 Å². The minimum atomic E-state index is -0.780. The van der Waals surface area contributed by atoms with E-state index in [9.17, 15) is 9.59 Å². The van der Waals surface area contributed by atoms with E-state index in [1.807, 2.05) is 11.9 Å². The molecule has 1 heterocycles. The molecule has 1 saturated heterocycles. The molecule has 2 N–H and O–H groups in total. The van der Waals surface area contributed by atoms with Gasteiger partial charge in [-0.15, -0.1) is 12.4 Å². The first kappa shape index (κ1) is 22.2. The lowest BCUT2D eigenvalue weighted by Gasteiger charge is -2.35. The third kappa shape index (κ3) is 8.38. The van der Waals surface area contributed by atoms with Gasteiger partial charge in [0.25, 0.3) is 0 Å². The first-order valence-electron chi connectivity index (χ1n) is 9.45. The number of aliphatic carboxylic acids is 1. The van der Waals surface area contributed by atoms with E-state index in [0.29, 0.717) is 12.6 Å². The molecule has 0 spiro atoms. The fourth-order valence-corrected chi connectivity index (χ4v) is 4.01. The summed E-state index contributed by atoms with van der Waals surface area (Å²) in [7, 11) is 1.87. The van der Waals surface area contributed by atoms with Crippen LogP contribution in [0.5, 0.6) is 0 Å². The van der Waals surface area contributed by atoms with Crippen LogP contribution in [0.1, 0.15) is 51.4 Å². The molecule has 1 aliphatic carbocycles. The number of likely N-dealkylation sites (N-methyl/N-ethyl adjacent to an activating group) is 1. The highest BCUT2D eigenvalue weighted by Crippen LogP contribution is 2.25. The first-order chi connectivity index (χ1) is 11.5. The van der Waals surface area contributed by atoms with Gasteiger partial charge in [-0.1, -0.05) is 32.1 Å². The molecule has 0 aromatic carbocycles. The highest BCUT2D eigenvalue weighted by atomic mass is 35.5. The van der Waals surface area contributed by atoms with Crippen LogP contribution in [-0.4, -0.2) is 72.6 Å². The molecule has 2 aliphatic rings. The highest BCUT2D eigenvalue weighted by molar-refractivity contribution is 5.85.